The maximum atomic E-state index is 10.8. The molecule has 1 N–H and O–H groups in total. The molecule has 0 atom stereocenters. The van der Waals surface area contributed by atoms with Crippen molar-refractivity contribution in [2.24, 2.45) is 0 Å². The van der Waals surface area contributed by atoms with E-state index in [9.17, 15) is 9.90 Å². The maximum Gasteiger partial charge on any atom is 0.178 e. The lowest BCUT2D eigenvalue weighted by molar-refractivity contribution is 0.112. The monoisotopic (exact) mass is 338 g/mol. The van der Waals surface area contributed by atoms with E-state index in [0.717, 1.165) is 11.8 Å². The van der Waals surface area contributed by atoms with Crippen molar-refractivity contribution in [3.05, 3.63) is 64.6 Å². The van der Waals surface area contributed by atoms with Gasteiger partial charge in [-0.15, -0.1) is 11.3 Å². The number of thiazole rings is 1. The number of ether oxygens (including phenoxy) is 1. The summed E-state index contributed by atoms with van der Waals surface area (Å²) < 4.78 is 5.83. The van der Waals surface area contributed by atoms with Crippen molar-refractivity contribution in [3.8, 4) is 22.9 Å². The summed E-state index contributed by atoms with van der Waals surface area (Å²) in [5, 5.41) is 12.0. The summed E-state index contributed by atoms with van der Waals surface area (Å²) >= 11 is 1.27. The number of aldehydes is 1. The van der Waals surface area contributed by atoms with Crippen LogP contribution in [0.15, 0.2) is 48.5 Å². The number of rotatable bonds is 6. The Labute approximate surface area is 142 Å². The Bertz CT molecular complexity index is 889. The number of hydrogen-bond donors (Lipinski definition) is 1. The molecule has 0 aliphatic heterocycles. The fourth-order valence-electron chi connectivity index (χ4n) is 2.26. The van der Waals surface area contributed by atoms with Crippen LogP contribution in [0.3, 0.4) is 0 Å². The van der Waals surface area contributed by atoms with Crippen LogP contribution in [-0.2, 0) is 6.61 Å². The number of phenols is 1. The average molecular weight is 338 g/mol. The molecule has 0 radical (unpaired) electrons. The topological polar surface area (TPSA) is 72.3 Å². The second-order valence-electron chi connectivity index (χ2n) is 4.88. The molecule has 3 aromatic rings. The molecule has 0 fully saturated rings. The number of carbonyl (C=O) groups is 1. The fourth-order valence-corrected chi connectivity index (χ4v) is 2.86. The predicted octanol–water partition coefficient (Wildman–Crippen LogP) is 3.95. The van der Waals surface area contributed by atoms with Gasteiger partial charge in [-0.3, -0.25) is 9.78 Å². The van der Waals surface area contributed by atoms with Crippen molar-refractivity contribution in [2.75, 3.05) is 0 Å². The van der Waals surface area contributed by atoms with Gasteiger partial charge in [-0.1, -0.05) is 24.8 Å². The zero-order valence-electron chi connectivity index (χ0n) is 12.7. The number of nitrogens with zero attached hydrogens (tertiary/aromatic N) is 2. The van der Waals surface area contributed by atoms with Gasteiger partial charge in [0.15, 0.2) is 11.3 Å². The third-order valence-corrected chi connectivity index (χ3v) is 4.16. The third-order valence-electron chi connectivity index (χ3n) is 3.39. The quantitative estimate of drug-likeness (QED) is 0.689. The molecule has 3 rings (SSSR count). The second-order valence-corrected chi connectivity index (χ2v) is 5.77. The van der Waals surface area contributed by atoms with Crippen molar-refractivity contribution >= 4 is 23.7 Å². The molecule has 0 aliphatic rings. The van der Waals surface area contributed by atoms with Gasteiger partial charge in [0, 0.05) is 17.1 Å². The second kappa shape index (κ2) is 7.06. The summed E-state index contributed by atoms with van der Waals surface area (Å²) in [4.78, 5) is 19.4. The van der Waals surface area contributed by atoms with E-state index in [0.29, 0.717) is 27.7 Å². The number of aromatic hydroxyl groups is 1. The largest absolute Gasteiger partial charge is 0.507 e. The van der Waals surface area contributed by atoms with Crippen LogP contribution in [0.1, 0.15) is 20.9 Å². The van der Waals surface area contributed by atoms with Crippen molar-refractivity contribution in [1.82, 2.24) is 9.97 Å². The predicted molar refractivity (Wildman–Crippen MR) is 93.3 cm³/mol. The van der Waals surface area contributed by atoms with E-state index in [1.807, 2.05) is 12.1 Å². The van der Waals surface area contributed by atoms with Gasteiger partial charge in [0.1, 0.15) is 23.8 Å². The zero-order chi connectivity index (χ0) is 16.9. The highest BCUT2D eigenvalue weighted by molar-refractivity contribution is 7.11. The summed E-state index contributed by atoms with van der Waals surface area (Å²) in [5.41, 5.74) is 2.68. The number of hydrogen-bond acceptors (Lipinski definition) is 6. The molecule has 0 unspecified atom stereocenters. The van der Waals surface area contributed by atoms with E-state index < -0.39 is 0 Å². The molecule has 6 heteroatoms. The van der Waals surface area contributed by atoms with Gasteiger partial charge < -0.3 is 9.84 Å². The van der Waals surface area contributed by atoms with Crippen LogP contribution in [0, 0.1) is 0 Å². The van der Waals surface area contributed by atoms with Gasteiger partial charge in [0.25, 0.3) is 0 Å². The van der Waals surface area contributed by atoms with Gasteiger partial charge in [-0.05, 0) is 18.2 Å². The molecule has 5 nitrogen and oxygen atoms in total. The molecule has 24 heavy (non-hydrogen) atoms. The van der Waals surface area contributed by atoms with Gasteiger partial charge in [-0.2, -0.15) is 0 Å². The number of benzene rings is 1. The molecule has 1 aromatic carbocycles. The minimum atomic E-state index is 0.115. The molecule has 0 bridgehead atoms. The number of phenolic OH excluding ortho intramolecular Hbond substituents is 1. The molecule has 120 valence electrons. The third kappa shape index (κ3) is 3.18. The SMILES string of the molecule is C=Cc1c(O)cccc1OCc1cccnc1-c1csc(C=O)n1. The Kier molecular flexibility index (Phi) is 4.67. The highest BCUT2D eigenvalue weighted by Gasteiger charge is 2.12. The van der Waals surface area contributed by atoms with Gasteiger partial charge in [-0.25, -0.2) is 4.98 Å². The first-order chi connectivity index (χ1) is 11.7. The molecule has 2 aromatic heterocycles. The van der Waals surface area contributed by atoms with Gasteiger partial charge >= 0.3 is 0 Å². The van der Waals surface area contributed by atoms with E-state index in [2.05, 4.69) is 16.5 Å². The fraction of sp³-hybridized carbons (Fsp3) is 0.0556. The van der Waals surface area contributed by atoms with E-state index in [1.165, 1.54) is 11.3 Å². The first-order valence-corrected chi connectivity index (χ1v) is 8.03. The minimum Gasteiger partial charge on any atom is -0.507 e. The van der Waals surface area contributed by atoms with Gasteiger partial charge in [0.05, 0.1) is 11.3 Å². The van der Waals surface area contributed by atoms with E-state index in [4.69, 9.17) is 4.74 Å². The molecule has 0 saturated carbocycles. The zero-order valence-corrected chi connectivity index (χ0v) is 13.5. The Balaban J connectivity index is 1.88. The van der Waals surface area contributed by atoms with Crippen molar-refractivity contribution in [1.29, 1.82) is 0 Å². The molecular formula is C18H14N2O3S. The highest BCUT2D eigenvalue weighted by Crippen LogP contribution is 2.30. The maximum absolute atomic E-state index is 10.8. The van der Waals surface area contributed by atoms with Crippen LogP contribution in [-0.4, -0.2) is 21.4 Å². The molecule has 2 heterocycles. The van der Waals surface area contributed by atoms with Crippen LogP contribution < -0.4 is 4.74 Å². The van der Waals surface area contributed by atoms with Crippen LogP contribution in [0.2, 0.25) is 0 Å². The van der Waals surface area contributed by atoms with E-state index in [-0.39, 0.29) is 12.4 Å². The molecule has 0 aliphatic carbocycles. The lowest BCUT2D eigenvalue weighted by atomic mass is 10.1. The lowest BCUT2D eigenvalue weighted by Crippen LogP contribution is -2.01. The Morgan fingerprint density at radius 2 is 2.17 bits per heavy atom. The minimum absolute atomic E-state index is 0.115. The van der Waals surface area contributed by atoms with Crippen molar-refractivity contribution in [2.45, 2.75) is 6.61 Å². The van der Waals surface area contributed by atoms with Gasteiger partial charge in [0.2, 0.25) is 0 Å². The van der Waals surface area contributed by atoms with Crippen molar-refractivity contribution < 1.29 is 14.6 Å². The first-order valence-electron chi connectivity index (χ1n) is 7.15. The molecule has 0 amide bonds. The molecule has 0 saturated heterocycles. The molecular weight excluding hydrogens is 324 g/mol. The number of aromatic nitrogens is 2. The summed E-state index contributed by atoms with van der Waals surface area (Å²) in [6, 6.07) is 8.75. The van der Waals surface area contributed by atoms with Crippen LogP contribution in [0.25, 0.3) is 17.5 Å². The van der Waals surface area contributed by atoms with Crippen molar-refractivity contribution in [3.63, 3.8) is 0 Å². The van der Waals surface area contributed by atoms with E-state index >= 15 is 0 Å². The Hall–Kier alpha value is -2.99. The Morgan fingerprint density at radius 1 is 1.29 bits per heavy atom. The highest BCUT2D eigenvalue weighted by atomic mass is 32.1. The van der Waals surface area contributed by atoms with Crippen LogP contribution in [0.4, 0.5) is 0 Å². The summed E-state index contributed by atoms with van der Waals surface area (Å²) in [5.74, 6) is 0.649. The summed E-state index contributed by atoms with van der Waals surface area (Å²) in [6.45, 7) is 3.94. The summed E-state index contributed by atoms with van der Waals surface area (Å²) in [6.07, 6.45) is 3.93. The van der Waals surface area contributed by atoms with Crippen LogP contribution in [0.5, 0.6) is 11.5 Å². The Morgan fingerprint density at radius 3 is 2.92 bits per heavy atom. The summed E-state index contributed by atoms with van der Waals surface area (Å²) in [7, 11) is 0. The number of pyridine rings is 1. The molecule has 0 spiro atoms. The lowest BCUT2D eigenvalue weighted by Gasteiger charge is -2.12. The van der Waals surface area contributed by atoms with Crippen LogP contribution >= 0.6 is 11.3 Å². The first kappa shape index (κ1) is 15.9. The smallest absolute Gasteiger partial charge is 0.178 e. The average Bonchev–Trinajstić information content (AvgIpc) is 3.09. The standard InChI is InChI=1S/C18H14N2O3S/c1-2-13-15(22)6-3-7-16(13)23-10-12-5-4-8-19-18(12)14-11-24-17(9-21)20-14/h2-9,11,22H,1,10H2. The number of carbonyl (C=O) groups excluding carboxylic acids is 1. The normalized spacial score (nSPS) is 10.3. The van der Waals surface area contributed by atoms with E-state index in [1.54, 1.807) is 35.9 Å².